The van der Waals surface area contributed by atoms with Gasteiger partial charge in [0.05, 0.1) is 4.92 Å². The molecule has 138 valence electrons. The van der Waals surface area contributed by atoms with Crippen LogP contribution < -0.4 is 0 Å². The zero-order valence-electron chi connectivity index (χ0n) is 14.3. The summed E-state index contributed by atoms with van der Waals surface area (Å²) in [7, 11) is -4.10. The number of para-hydroxylation sites is 1. The highest BCUT2D eigenvalue weighted by Gasteiger charge is 2.31. The molecule has 0 atom stereocenters. The van der Waals surface area contributed by atoms with E-state index in [0.29, 0.717) is 0 Å². The minimum absolute atomic E-state index is 0.0752. The molecule has 0 fully saturated rings. The van der Waals surface area contributed by atoms with Crippen LogP contribution in [0.1, 0.15) is 11.1 Å². The number of hydrogen-bond acceptors (Lipinski definition) is 5. The number of sulfonamides is 1. The first-order valence-corrected chi connectivity index (χ1v) is 9.59. The van der Waals surface area contributed by atoms with E-state index in [1.165, 1.54) is 28.6 Å². The average molecular weight is 383 g/mol. The van der Waals surface area contributed by atoms with E-state index in [0.717, 1.165) is 11.1 Å². The van der Waals surface area contributed by atoms with Gasteiger partial charge in [-0.2, -0.15) is 4.31 Å². The maximum absolute atomic E-state index is 13.3. The molecule has 0 bridgehead atoms. The highest BCUT2D eigenvalue weighted by Crippen LogP contribution is 2.28. The SMILES string of the molecule is O=[N+]([O-])c1ccccc1S(=O)(=O)N(Cc1ccccc1)Cc1ccncc1. The zero-order chi connectivity index (χ0) is 19.3. The van der Waals surface area contributed by atoms with Crippen LogP contribution in [0.15, 0.2) is 84.0 Å². The molecule has 0 radical (unpaired) electrons. The Morgan fingerprint density at radius 1 is 0.852 bits per heavy atom. The molecule has 3 aromatic rings. The number of pyridine rings is 1. The molecule has 0 saturated carbocycles. The van der Waals surface area contributed by atoms with E-state index in [4.69, 9.17) is 0 Å². The van der Waals surface area contributed by atoms with E-state index < -0.39 is 20.6 Å². The number of nitrogens with zero attached hydrogens (tertiary/aromatic N) is 3. The van der Waals surface area contributed by atoms with Gasteiger partial charge >= 0.3 is 0 Å². The molecule has 0 aliphatic heterocycles. The molecule has 3 rings (SSSR count). The van der Waals surface area contributed by atoms with Crippen molar-refractivity contribution in [3.8, 4) is 0 Å². The van der Waals surface area contributed by atoms with Gasteiger partial charge in [-0.05, 0) is 29.3 Å². The molecule has 0 aliphatic carbocycles. The van der Waals surface area contributed by atoms with Gasteiger partial charge in [0.1, 0.15) is 0 Å². The monoisotopic (exact) mass is 383 g/mol. The summed E-state index contributed by atoms with van der Waals surface area (Å²) >= 11 is 0. The number of benzene rings is 2. The molecule has 0 unspecified atom stereocenters. The van der Waals surface area contributed by atoms with Crippen LogP contribution in [-0.4, -0.2) is 22.6 Å². The summed E-state index contributed by atoms with van der Waals surface area (Å²) in [5.41, 5.74) is 1.09. The number of nitro groups is 1. The summed E-state index contributed by atoms with van der Waals surface area (Å²) in [4.78, 5) is 14.3. The molecule has 8 heteroatoms. The van der Waals surface area contributed by atoms with Crippen LogP contribution in [-0.2, 0) is 23.1 Å². The lowest BCUT2D eigenvalue weighted by Crippen LogP contribution is -2.30. The minimum Gasteiger partial charge on any atom is -0.265 e. The van der Waals surface area contributed by atoms with Gasteiger partial charge in [0.15, 0.2) is 4.90 Å². The van der Waals surface area contributed by atoms with Crippen molar-refractivity contribution in [3.63, 3.8) is 0 Å². The molecule has 1 heterocycles. The molecule has 7 nitrogen and oxygen atoms in total. The largest absolute Gasteiger partial charge is 0.289 e. The van der Waals surface area contributed by atoms with Gasteiger partial charge < -0.3 is 0 Å². The van der Waals surface area contributed by atoms with Crippen LogP contribution in [0.5, 0.6) is 0 Å². The lowest BCUT2D eigenvalue weighted by molar-refractivity contribution is -0.387. The topological polar surface area (TPSA) is 93.4 Å². The summed E-state index contributed by atoms with van der Waals surface area (Å²) in [6.45, 7) is 0.170. The fraction of sp³-hybridized carbons (Fsp3) is 0.105. The van der Waals surface area contributed by atoms with Crippen molar-refractivity contribution in [2.45, 2.75) is 18.0 Å². The first-order valence-electron chi connectivity index (χ1n) is 8.15. The van der Waals surface area contributed by atoms with Gasteiger partial charge in [-0.25, -0.2) is 8.42 Å². The maximum Gasteiger partial charge on any atom is 0.289 e. The zero-order valence-corrected chi connectivity index (χ0v) is 15.1. The molecule has 0 saturated heterocycles. The molecule has 27 heavy (non-hydrogen) atoms. The lowest BCUT2D eigenvalue weighted by atomic mass is 10.2. The standard InChI is InChI=1S/C19H17N3O4S/c23-22(24)18-8-4-5-9-19(18)27(25,26)21(14-16-6-2-1-3-7-16)15-17-10-12-20-13-11-17/h1-13H,14-15H2. The van der Waals surface area contributed by atoms with E-state index >= 15 is 0 Å². The Kier molecular flexibility index (Phi) is 5.58. The third-order valence-electron chi connectivity index (χ3n) is 3.99. The number of rotatable bonds is 7. The second-order valence-electron chi connectivity index (χ2n) is 5.84. The van der Waals surface area contributed by atoms with Crippen LogP contribution >= 0.6 is 0 Å². The first kappa shape index (κ1) is 18.7. The third-order valence-corrected chi connectivity index (χ3v) is 5.83. The molecular weight excluding hydrogens is 366 g/mol. The van der Waals surface area contributed by atoms with Crippen molar-refractivity contribution < 1.29 is 13.3 Å². The summed E-state index contributed by atoms with van der Waals surface area (Å²) in [6.07, 6.45) is 3.15. The van der Waals surface area contributed by atoms with E-state index in [-0.39, 0.29) is 18.0 Å². The fourth-order valence-corrected chi connectivity index (χ4v) is 4.24. The smallest absolute Gasteiger partial charge is 0.265 e. The van der Waals surface area contributed by atoms with Gasteiger partial charge in [-0.1, -0.05) is 42.5 Å². The molecule has 2 aromatic carbocycles. The van der Waals surface area contributed by atoms with Gasteiger partial charge in [-0.15, -0.1) is 0 Å². The predicted octanol–water partition coefficient (Wildman–Crippen LogP) is 3.38. The Labute approximate surface area is 157 Å². The Morgan fingerprint density at radius 2 is 1.41 bits per heavy atom. The highest BCUT2D eigenvalue weighted by atomic mass is 32.2. The maximum atomic E-state index is 13.3. The van der Waals surface area contributed by atoms with E-state index in [1.807, 2.05) is 30.3 Å². The lowest BCUT2D eigenvalue weighted by Gasteiger charge is -2.22. The number of hydrogen-bond donors (Lipinski definition) is 0. The van der Waals surface area contributed by atoms with Crippen molar-refractivity contribution >= 4 is 15.7 Å². The van der Waals surface area contributed by atoms with Crippen molar-refractivity contribution in [1.82, 2.24) is 9.29 Å². The minimum atomic E-state index is -4.10. The normalized spacial score (nSPS) is 11.4. The highest BCUT2D eigenvalue weighted by molar-refractivity contribution is 7.89. The van der Waals surface area contributed by atoms with Crippen LogP contribution in [0.4, 0.5) is 5.69 Å². The second-order valence-corrected chi connectivity index (χ2v) is 7.75. The average Bonchev–Trinajstić information content (AvgIpc) is 2.69. The van der Waals surface area contributed by atoms with Gasteiger partial charge in [0.2, 0.25) is 0 Å². The Hall–Kier alpha value is -3.10. The Bertz CT molecular complexity index is 984. The third kappa shape index (κ3) is 4.36. The Balaban J connectivity index is 2.04. The van der Waals surface area contributed by atoms with Crippen LogP contribution in [0.25, 0.3) is 0 Å². The quantitative estimate of drug-likeness (QED) is 0.460. The van der Waals surface area contributed by atoms with Crippen molar-refractivity contribution in [3.05, 3.63) is 100 Å². The van der Waals surface area contributed by atoms with Gasteiger partial charge in [-0.3, -0.25) is 15.1 Å². The molecule has 0 amide bonds. The molecular formula is C19H17N3O4S. The summed E-state index contributed by atoms with van der Waals surface area (Å²) < 4.78 is 27.8. The van der Waals surface area contributed by atoms with Crippen molar-refractivity contribution in [2.24, 2.45) is 0 Å². The first-order chi connectivity index (χ1) is 13.0. The second kappa shape index (κ2) is 8.07. The Morgan fingerprint density at radius 3 is 2.04 bits per heavy atom. The van der Waals surface area contributed by atoms with Crippen LogP contribution in [0.3, 0.4) is 0 Å². The van der Waals surface area contributed by atoms with E-state index in [2.05, 4.69) is 4.98 Å². The molecule has 0 aliphatic rings. The number of nitro benzene ring substituents is 1. The van der Waals surface area contributed by atoms with Crippen molar-refractivity contribution in [1.29, 1.82) is 0 Å². The predicted molar refractivity (Wildman–Crippen MR) is 100 cm³/mol. The van der Waals surface area contributed by atoms with E-state index in [1.54, 1.807) is 24.5 Å². The fourth-order valence-electron chi connectivity index (χ4n) is 2.67. The van der Waals surface area contributed by atoms with Crippen molar-refractivity contribution in [2.75, 3.05) is 0 Å². The summed E-state index contributed by atoms with van der Waals surface area (Å²) in [5.74, 6) is 0. The molecule has 0 spiro atoms. The molecule has 0 N–H and O–H groups in total. The summed E-state index contributed by atoms with van der Waals surface area (Å²) in [6, 6.07) is 17.9. The van der Waals surface area contributed by atoms with Crippen LogP contribution in [0.2, 0.25) is 0 Å². The molecule has 1 aromatic heterocycles. The van der Waals surface area contributed by atoms with Crippen LogP contribution in [0, 0.1) is 10.1 Å². The number of aromatic nitrogens is 1. The summed E-state index contributed by atoms with van der Waals surface area (Å²) in [5, 5.41) is 11.3. The van der Waals surface area contributed by atoms with Gasteiger partial charge in [0.25, 0.3) is 15.7 Å². The van der Waals surface area contributed by atoms with Gasteiger partial charge in [0, 0.05) is 31.5 Å². The van der Waals surface area contributed by atoms with E-state index in [9.17, 15) is 18.5 Å².